The Bertz CT molecular complexity index is 387. The summed E-state index contributed by atoms with van der Waals surface area (Å²) in [7, 11) is 3.58. The van der Waals surface area contributed by atoms with Crippen LogP contribution in [0.4, 0.5) is 10.5 Å². The lowest BCUT2D eigenvalue weighted by molar-refractivity contribution is 0.222. The first kappa shape index (κ1) is 10.0. The molecular formula is C12H16N2O. The zero-order chi connectivity index (χ0) is 11.0. The second kappa shape index (κ2) is 3.57. The fraction of sp³-hybridized carbons (Fsp3) is 0.417. The summed E-state index contributed by atoms with van der Waals surface area (Å²) in [5, 5.41) is 0. The quantitative estimate of drug-likeness (QED) is 0.635. The fourth-order valence-corrected chi connectivity index (χ4v) is 2.07. The highest BCUT2D eigenvalue weighted by Gasteiger charge is 2.31. The van der Waals surface area contributed by atoms with Gasteiger partial charge in [0.25, 0.3) is 0 Å². The number of para-hydroxylation sites is 1. The Morgan fingerprint density at radius 2 is 2.07 bits per heavy atom. The van der Waals surface area contributed by atoms with Crippen molar-refractivity contribution in [3.8, 4) is 0 Å². The molecule has 1 aliphatic rings. The van der Waals surface area contributed by atoms with Crippen molar-refractivity contribution in [2.45, 2.75) is 19.4 Å². The van der Waals surface area contributed by atoms with Gasteiger partial charge >= 0.3 is 6.03 Å². The maximum Gasteiger partial charge on any atom is 0.324 e. The molecule has 0 saturated carbocycles. The molecule has 0 N–H and O–H groups in total. The normalized spacial score (nSPS) is 18.9. The first-order valence-corrected chi connectivity index (χ1v) is 5.19. The molecule has 0 fully saturated rings. The van der Waals surface area contributed by atoms with Gasteiger partial charge in [0.05, 0.1) is 0 Å². The van der Waals surface area contributed by atoms with Crippen molar-refractivity contribution in [1.82, 2.24) is 4.90 Å². The summed E-state index contributed by atoms with van der Waals surface area (Å²) in [6.45, 7) is 2.08. The van der Waals surface area contributed by atoms with E-state index in [0.717, 1.165) is 12.1 Å². The Balaban J connectivity index is 2.38. The van der Waals surface area contributed by atoms with Crippen LogP contribution in [0.5, 0.6) is 0 Å². The third-order valence-corrected chi connectivity index (χ3v) is 2.80. The number of rotatable bonds is 0. The predicted octanol–water partition coefficient (Wildman–Crippen LogP) is 2.12. The van der Waals surface area contributed by atoms with Crippen LogP contribution in [0.15, 0.2) is 24.3 Å². The molecule has 2 rings (SSSR count). The lowest BCUT2D eigenvalue weighted by Gasteiger charge is -2.26. The lowest BCUT2D eigenvalue weighted by atomic mass is 10.1. The number of carbonyl (C=O) groups is 1. The Kier molecular flexibility index (Phi) is 2.39. The topological polar surface area (TPSA) is 23.6 Å². The van der Waals surface area contributed by atoms with Gasteiger partial charge in [0.1, 0.15) is 0 Å². The average molecular weight is 204 g/mol. The second-order valence-corrected chi connectivity index (χ2v) is 4.23. The largest absolute Gasteiger partial charge is 0.330 e. The highest BCUT2D eigenvalue weighted by Crippen LogP contribution is 2.32. The molecule has 2 amide bonds. The van der Waals surface area contributed by atoms with Crippen LogP contribution in [0.25, 0.3) is 0 Å². The third-order valence-electron chi connectivity index (χ3n) is 2.80. The molecule has 0 radical (unpaired) electrons. The van der Waals surface area contributed by atoms with Crippen molar-refractivity contribution in [1.29, 1.82) is 0 Å². The summed E-state index contributed by atoms with van der Waals surface area (Å²) in [5.41, 5.74) is 2.32. The number of hydrogen-bond acceptors (Lipinski definition) is 1. The first-order valence-electron chi connectivity index (χ1n) is 5.19. The average Bonchev–Trinajstić information content (AvgIpc) is 2.52. The number of hydrogen-bond donors (Lipinski definition) is 0. The van der Waals surface area contributed by atoms with Gasteiger partial charge < -0.3 is 4.90 Å². The smallest absolute Gasteiger partial charge is 0.324 e. The number of fused-ring (bicyclic) bond motifs is 1. The number of anilines is 1. The van der Waals surface area contributed by atoms with Crippen LogP contribution in [-0.4, -0.2) is 31.1 Å². The first-order chi connectivity index (χ1) is 7.11. The van der Waals surface area contributed by atoms with Crippen LogP contribution in [0.2, 0.25) is 0 Å². The lowest BCUT2D eigenvalue weighted by Crippen LogP contribution is -2.42. The summed E-state index contributed by atoms with van der Waals surface area (Å²) in [5.74, 6) is 0. The monoisotopic (exact) mass is 204 g/mol. The van der Waals surface area contributed by atoms with Crippen molar-refractivity contribution in [3.05, 3.63) is 29.8 Å². The number of carbonyl (C=O) groups excluding carboxylic acids is 1. The van der Waals surface area contributed by atoms with Gasteiger partial charge in [0.15, 0.2) is 0 Å². The fourth-order valence-electron chi connectivity index (χ4n) is 2.07. The minimum absolute atomic E-state index is 0.0625. The van der Waals surface area contributed by atoms with Crippen molar-refractivity contribution >= 4 is 11.7 Å². The molecule has 1 aromatic rings. The van der Waals surface area contributed by atoms with E-state index in [4.69, 9.17) is 0 Å². The Labute approximate surface area is 90.3 Å². The Morgan fingerprint density at radius 3 is 2.73 bits per heavy atom. The number of benzene rings is 1. The van der Waals surface area contributed by atoms with E-state index in [1.54, 1.807) is 19.0 Å². The van der Waals surface area contributed by atoms with E-state index in [0.29, 0.717) is 0 Å². The molecule has 15 heavy (non-hydrogen) atoms. The Hall–Kier alpha value is -1.51. The highest BCUT2D eigenvalue weighted by atomic mass is 16.2. The minimum Gasteiger partial charge on any atom is -0.330 e. The van der Waals surface area contributed by atoms with Crippen molar-refractivity contribution in [2.75, 3.05) is 19.0 Å². The van der Waals surface area contributed by atoms with E-state index < -0.39 is 0 Å². The molecule has 1 atom stereocenters. The molecule has 0 spiro atoms. The van der Waals surface area contributed by atoms with Gasteiger partial charge in [-0.15, -0.1) is 0 Å². The molecule has 0 aliphatic carbocycles. The summed E-state index contributed by atoms with van der Waals surface area (Å²) in [4.78, 5) is 15.5. The van der Waals surface area contributed by atoms with E-state index in [2.05, 4.69) is 13.0 Å². The number of amides is 2. The van der Waals surface area contributed by atoms with Crippen molar-refractivity contribution in [3.63, 3.8) is 0 Å². The molecule has 1 heterocycles. The van der Waals surface area contributed by atoms with E-state index in [9.17, 15) is 4.79 Å². The molecule has 3 heteroatoms. The van der Waals surface area contributed by atoms with Crippen LogP contribution >= 0.6 is 0 Å². The van der Waals surface area contributed by atoms with Crippen LogP contribution in [0, 0.1) is 0 Å². The summed E-state index contributed by atoms with van der Waals surface area (Å²) in [6, 6.07) is 8.43. The van der Waals surface area contributed by atoms with Crippen LogP contribution in [-0.2, 0) is 6.42 Å². The van der Waals surface area contributed by atoms with Gasteiger partial charge in [-0.05, 0) is 25.0 Å². The zero-order valence-electron chi connectivity index (χ0n) is 9.40. The van der Waals surface area contributed by atoms with Gasteiger partial charge in [-0.3, -0.25) is 4.90 Å². The number of nitrogens with zero attached hydrogens (tertiary/aromatic N) is 2. The van der Waals surface area contributed by atoms with E-state index in [1.807, 2.05) is 23.1 Å². The number of urea groups is 1. The van der Waals surface area contributed by atoms with Crippen LogP contribution in [0.3, 0.4) is 0 Å². The Morgan fingerprint density at radius 1 is 1.40 bits per heavy atom. The maximum absolute atomic E-state index is 12.0. The zero-order valence-corrected chi connectivity index (χ0v) is 9.40. The summed E-state index contributed by atoms with van der Waals surface area (Å²) in [6.07, 6.45) is 0.954. The third kappa shape index (κ3) is 1.58. The molecule has 0 saturated heterocycles. The van der Waals surface area contributed by atoms with Gasteiger partial charge in [0.2, 0.25) is 0 Å². The highest BCUT2D eigenvalue weighted by molar-refractivity contribution is 5.94. The molecule has 80 valence electrons. The van der Waals surface area contributed by atoms with E-state index in [-0.39, 0.29) is 12.1 Å². The van der Waals surface area contributed by atoms with Gasteiger partial charge in [-0.1, -0.05) is 18.2 Å². The second-order valence-electron chi connectivity index (χ2n) is 4.23. The van der Waals surface area contributed by atoms with Crippen molar-refractivity contribution in [2.24, 2.45) is 0 Å². The minimum atomic E-state index is 0.0625. The van der Waals surface area contributed by atoms with Crippen LogP contribution < -0.4 is 4.90 Å². The molecule has 3 nitrogen and oxygen atoms in total. The van der Waals surface area contributed by atoms with E-state index in [1.165, 1.54) is 5.56 Å². The molecule has 1 aromatic carbocycles. The van der Waals surface area contributed by atoms with Gasteiger partial charge in [-0.25, -0.2) is 4.79 Å². The van der Waals surface area contributed by atoms with Gasteiger partial charge in [0, 0.05) is 25.8 Å². The molecule has 0 aromatic heterocycles. The summed E-state index contributed by atoms with van der Waals surface area (Å²) >= 11 is 0. The maximum atomic E-state index is 12.0. The molecule has 1 aliphatic heterocycles. The standard InChI is InChI=1S/C12H16N2O/c1-9-8-10-6-4-5-7-11(10)14(9)12(15)13(2)3/h4-7,9H,8H2,1-3H3/t9-/m1/s1. The van der Waals surface area contributed by atoms with Crippen LogP contribution in [0.1, 0.15) is 12.5 Å². The molecular weight excluding hydrogens is 188 g/mol. The SMILES string of the molecule is C[C@@H]1Cc2ccccc2N1C(=O)N(C)C. The predicted molar refractivity (Wildman–Crippen MR) is 61.2 cm³/mol. The van der Waals surface area contributed by atoms with Crippen molar-refractivity contribution < 1.29 is 4.79 Å². The molecule has 0 unspecified atom stereocenters. The summed E-state index contributed by atoms with van der Waals surface area (Å²) < 4.78 is 0. The van der Waals surface area contributed by atoms with E-state index >= 15 is 0 Å². The molecule has 0 bridgehead atoms. The van der Waals surface area contributed by atoms with Gasteiger partial charge in [-0.2, -0.15) is 0 Å².